The monoisotopic (exact) mass is 427 g/mol. The Labute approximate surface area is 173 Å². The Kier molecular flexibility index (Phi) is 5.10. The topological polar surface area (TPSA) is 201 Å². The fourth-order valence-corrected chi connectivity index (χ4v) is 3.61. The van der Waals surface area contributed by atoms with E-state index < -0.39 is 42.7 Å². The first-order valence-corrected chi connectivity index (χ1v) is 9.18. The second-order valence-electron chi connectivity index (χ2n) is 7.08. The van der Waals surface area contributed by atoms with Crippen molar-refractivity contribution in [3.63, 3.8) is 0 Å². The predicted molar refractivity (Wildman–Crippen MR) is 100 cm³/mol. The molecule has 5 atom stereocenters. The van der Waals surface area contributed by atoms with Gasteiger partial charge in [-0.2, -0.15) is 15.0 Å². The van der Waals surface area contributed by atoms with Crippen molar-refractivity contribution in [3.05, 3.63) is 45.2 Å². The van der Waals surface area contributed by atoms with Crippen LogP contribution in [0.3, 0.4) is 0 Å². The van der Waals surface area contributed by atoms with Crippen molar-refractivity contribution in [3.8, 4) is 23.5 Å². The van der Waals surface area contributed by atoms with E-state index in [0.717, 1.165) is 4.52 Å². The van der Waals surface area contributed by atoms with Crippen LogP contribution in [0.15, 0.2) is 21.3 Å². The minimum atomic E-state index is -1.66. The molecule has 31 heavy (non-hydrogen) atoms. The Hall–Kier alpha value is -3.52. The zero-order valence-electron chi connectivity index (χ0n) is 16.1. The molecule has 1 aliphatic heterocycles. The Morgan fingerprint density at radius 3 is 2.45 bits per heavy atom. The lowest BCUT2D eigenvalue weighted by atomic mass is 9.95. The van der Waals surface area contributed by atoms with Gasteiger partial charge in [0, 0.05) is 0 Å². The van der Waals surface area contributed by atoms with Crippen LogP contribution in [-0.4, -0.2) is 66.0 Å². The molecule has 3 aromatic heterocycles. The number of hydrogen-bond acceptors (Lipinski definition) is 10. The van der Waals surface area contributed by atoms with Gasteiger partial charge in [0.25, 0.3) is 5.56 Å². The van der Waals surface area contributed by atoms with Gasteiger partial charge in [-0.15, -0.1) is 0 Å². The first-order chi connectivity index (χ1) is 14.8. The van der Waals surface area contributed by atoms with Gasteiger partial charge in [0.15, 0.2) is 11.5 Å². The van der Waals surface area contributed by atoms with Crippen LogP contribution in [0.4, 0.5) is 0 Å². The van der Waals surface area contributed by atoms with Crippen molar-refractivity contribution in [2.24, 2.45) is 0 Å². The van der Waals surface area contributed by atoms with Crippen molar-refractivity contribution in [2.45, 2.75) is 37.4 Å². The number of aliphatic hydroxyl groups is 4. The standard InChI is InChI=1S/C19H17N5O7/c1-7-2-3-10(30-7)12-8(4-20)18-22-17(23-24(18)19(29)9(12)5-21)16-15(28)14(27)13(26)11(6-25)31-16/h2-3,11,13-16,25-28H,6H2,1H3,(H,22,23)/t11-,13+,14+,15-,16-/m1/s1. The molecule has 5 N–H and O–H groups in total. The number of ether oxygens (including phenoxy) is 1. The van der Waals surface area contributed by atoms with Gasteiger partial charge < -0.3 is 29.6 Å². The maximum Gasteiger partial charge on any atom is 0.289 e. The number of furan rings is 1. The molecule has 0 unspecified atom stereocenters. The molecule has 0 radical (unpaired) electrons. The number of aromatic amines is 1. The highest BCUT2D eigenvalue weighted by atomic mass is 16.5. The summed E-state index contributed by atoms with van der Waals surface area (Å²) in [5.74, 6) is 0.497. The van der Waals surface area contributed by atoms with Gasteiger partial charge in [0.05, 0.1) is 12.2 Å². The molecule has 4 rings (SSSR count). The van der Waals surface area contributed by atoms with Crippen molar-refractivity contribution in [2.75, 3.05) is 6.61 Å². The van der Waals surface area contributed by atoms with Gasteiger partial charge in [-0.3, -0.25) is 9.89 Å². The average Bonchev–Trinajstić information content (AvgIpc) is 3.39. The Morgan fingerprint density at radius 1 is 1.16 bits per heavy atom. The van der Waals surface area contributed by atoms with Gasteiger partial charge in [0.2, 0.25) is 0 Å². The molecular weight excluding hydrogens is 410 g/mol. The lowest BCUT2D eigenvalue weighted by molar-refractivity contribution is -0.233. The number of hydrogen-bond donors (Lipinski definition) is 5. The van der Waals surface area contributed by atoms with E-state index in [-0.39, 0.29) is 33.9 Å². The number of aryl methyl sites for hydroxylation is 1. The molecule has 0 spiro atoms. The number of rotatable bonds is 3. The van der Waals surface area contributed by atoms with Crippen LogP contribution >= 0.6 is 0 Å². The Morgan fingerprint density at radius 2 is 1.87 bits per heavy atom. The van der Waals surface area contributed by atoms with Crippen LogP contribution in [-0.2, 0) is 4.74 Å². The fourth-order valence-electron chi connectivity index (χ4n) is 3.61. The number of fused-ring (bicyclic) bond motifs is 1. The summed E-state index contributed by atoms with van der Waals surface area (Å²) in [6.45, 7) is 1.02. The normalized spacial score (nSPS) is 26.0. The van der Waals surface area contributed by atoms with Crippen LogP contribution < -0.4 is 5.56 Å². The molecule has 1 saturated heterocycles. The highest BCUT2D eigenvalue weighted by molar-refractivity contribution is 5.79. The zero-order valence-corrected chi connectivity index (χ0v) is 16.1. The van der Waals surface area contributed by atoms with Gasteiger partial charge in [0.1, 0.15) is 65.3 Å². The van der Waals surface area contributed by atoms with E-state index in [4.69, 9.17) is 9.15 Å². The van der Waals surface area contributed by atoms with E-state index in [1.54, 1.807) is 19.1 Å². The minimum absolute atomic E-state index is 0.0186. The van der Waals surface area contributed by atoms with E-state index in [9.17, 15) is 35.7 Å². The summed E-state index contributed by atoms with van der Waals surface area (Å²) in [6.07, 6.45) is -7.44. The molecule has 0 aliphatic carbocycles. The van der Waals surface area contributed by atoms with Crippen LogP contribution in [0, 0.1) is 29.6 Å². The molecule has 0 bridgehead atoms. The lowest BCUT2D eigenvalue weighted by Crippen LogP contribution is -2.55. The maximum absolute atomic E-state index is 12.9. The van der Waals surface area contributed by atoms with Crippen LogP contribution in [0.2, 0.25) is 0 Å². The first-order valence-electron chi connectivity index (χ1n) is 9.18. The molecule has 3 aromatic rings. The van der Waals surface area contributed by atoms with Gasteiger partial charge >= 0.3 is 0 Å². The smallest absolute Gasteiger partial charge is 0.289 e. The third-order valence-electron chi connectivity index (χ3n) is 5.18. The highest BCUT2D eigenvalue weighted by Crippen LogP contribution is 2.33. The molecular formula is C19H17N5O7. The molecule has 0 amide bonds. The minimum Gasteiger partial charge on any atom is -0.461 e. The summed E-state index contributed by atoms with van der Waals surface area (Å²) in [4.78, 5) is 17.1. The van der Waals surface area contributed by atoms with E-state index in [0.29, 0.717) is 5.76 Å². The third-order valence-corrected chi connectivity index (χ3v) is 5.18. The molecule has 1 fully saturated rings. The lowest BCUT2D eigenvalue weighted by Gasteiger charge is -2.39. The number of H-pyrrole nitrogens is 1. The summed E-state index contributed by atoms with van der Waals surface area (Å²) >= 11 is 0. The zero-order chi connectivity index (χ0) is 22.4. The second kappa shape index (κ2) is 7.63. The maximum atomic E-state index is 12.9. The van der Waals surface area contributed by atoms with Crippen molar-refractivity contribution in [1.29, 1.82) is 10.5 Å². The molecule has 0 aromatic carbocycles. The average molecular weight is 427 g/mol. The number of aliphatic hydroxyl groups excluding tert-OH is 4. The van der Waals surface area contributed by atoms with E-state index >= 15 is 0 Å². The summed E-state index contributed by atoms with van der Waals surface area (Å²) in [7, 11) is 0. The molecule has 12 nitrogen and oxygen atoms in total. The third kappa shape index (κ3) is 3.11. The Bertz CT molecular complexity index is 1290. The molecule has 0 saturated carbocycles. The predicted octanol–water partition coefficient (Wildman–Crippen LogP) is -1.15. The van der Waals surface area contributed by atoms with Crippen LogP contribution in [0.5, 0.6) is 0 Å². The fraction of sp³-hybridized carbons (Fsp3) is 0.368. The Balaban J connectivity index is 1.94. The number of aromatic nitrogens is 3. The number of nitrogens with zero attached hydrogens (tertiary/aromatic N) is 4. The molecule has 1 aliphatic rings. The largest absolute Gasteiger partial charge is 0.461 e. The van der Waals surface area contributed by atoms with Crippen molar-refractivity contribution in [1.82, 2.24) is 14.6 Å². The second-order valence-corrected chi connectivity index (χ2v) is 7.08. The number of nitrogens with one attached hydrogen (secondary N) is 1. The van der Waals surface area contributed by atoms with E-state index in [2.05, 4.69) is 10.1 Å². The van der Waals surface area contributed by atoms with E-state index in [1.807, 2.05) is 6.07 Å². The van der Waals surface area contributed by atoms with Gasteiger partial charge in [-0.05, 0) is 19.1 Å². The summed E-state index contributed by atoms with van der Waals surface area (Å²) in [5, 5.41) is 61.6. The van der Waals surface area contributed by atoms with E-state index in [1.165, 1.54) is 6.07 Å². The summed E-state index contributed by atoms with van der Waals surface area (Å²) in [5.41, 5.74) is -1.47. The van der Waals surface area contributed by atoms with Crippen LogP contribution in [0.1, 0.15) is 28.8 Å². The van der Waals surface area contributed by atoms with Gasteiger partial charge in [-0.25, -0.2) is 4.98 Å². The summed E-state index contributed by atoms with van der Waals surface area (Å²) < 4.78 is 11.8. The first kappa shape index (κ1) is 20.7. The van der Waals surface area contributed by atoms with Crippen LogP contribution in [0.25, 0.3) is 17.0 Å². The summed E-state index contributed by atoms with van der Waals surface area (Å²) in [6, 6.07) is 6.85. The molecule has 4 heterocycles. The SMILES string of the molecule is Cc1ccc(-c2c(C#N)c(=O)n3[nH]c([C@@H]4O[C@H](CO)[C@H](O)[C@H](O)[C@H]4O)nc3c2C#N)o1. The molecule has 160 valence electrons. The number of pyridine rings is 1. The molecule has 12 heteroatoms. The van der Waals surface area contributed by atoms with Crippen molar-refractivity contribution < 1.29 is 29.6 Å². The van der Waals surface area contributed by atoms with Gasteiger partial charge in [-0.1, -0.05) is 0 Å². The van der Waals surface area contributed by atoms with Crippen molar-refractivity contribution >= 4 is 5.65 Å². The number of nitriles is 2. The highest BCUT2D eigenvalue weighted by Gasteiger charge is 2.45. The quantitative estimate of drug-likeness (QED) is 0.340.